The van der Waals surface area contributed by atoms with Gasteiger partial charge in [-0.2, -0.15) is 0 Å². The number of hydrogen-bond donors (Lipinski definition) is 0. The summed E-state index contributed by atoms with van der Waals surface area (Å²) in [5, 5.41) is 0. The van der Waals surface area contributed by atoms with E-state index in [1.165, 1.54) is 12.8 Å². The SMILES string of the molecule is CN(C)C1CCCN(CCC(=O)c2ccccc2Br)C1. The molecule has 1 heterocycles. The van der Waals surface area contributed by atoms with Crippen LogP contribution in [0.15, 0.2) is 28.7 Å². The third kappa shape index (κ3) is 4.14. The molecule has 1 aliphatic rings. The van der Waals surface area contributed by atoms with E-state index in [4.69, 9.17) is 0 Å². The minimum absolute atomic E-state index is 0.226. The highest BCUT2D eigenvalue weighted by Gasteiger charge is 2.21. The van der Waals surface area contributed by atoms with Gasteiger partial charge in [0.15, 0.2) is 5.78 Å². The third-order valence-electron chi connectivity index (χ3n) is 4.04. The first kappa shape index (κ1) is 15.7. The van der Waals surface area contributed by atoms with Gasteiger partial charge in [-0.1, -0.05) is 34.1 Å². The zero-order valence-electron chi connectivity index (χ0n) is 12.3. The van der Waals surface area contributed by atoms with Gasteiger partial charge in [-0.3, -0.25) is 4.79 Å². The van der Waals surface area contributed by atoms with Crippen molar-refractivity contribution in [2.75, 3.05) is 33.7 Å². The normalized spacial score (nSPS) is 20.3. The number of likely N-dealkylation sites (N-methyl/N-ethyl adjacent to an activating group) is 1. The Labute approximate surface area is 130 Å². The highest BCUT2D eigenvalue weighted by Crippen LogP contribution is 2.19. The fraction of sp³-hybridized carbons (Fsp3) is 0.562. The number of halogens is 1. The smallest absolute Gasteiger partial charge is 0.165 e. The number of likely N-dealkylation sites (tertiary alicyclic amines) is 1. The number of carbonyl (C=O) groups is 1. The van der Waals surface area contributed by atoms with E-state index in [9.17, 15) is 4.79 Å². The van der Waals surface area contributed by atoms with Crippen LogP contribution in [0.5, 0.6) is 0 Å². The van der Waals surface area contributed by atoms with Crippen LogP contribution >= 0.6 is 15.9 Å². The molecule has 1 aliphatic heterocycles. The third-order valence-corrected chi connectivity index (χ3v) is 4.73. The molecule has 0 radical (unpaired) electrons. The van der Waals surface area contributed by atoms with E-state index in [2.05, 4.69) is 39.8 Å². The number of hydrogen-bond acceptors (Lipinski definition) is 3. The van der Waals surface area contributed by atoms with Gasteiger partial charge in [-0.05, 0) is 39.5 Å². The molecule has 3 nitrogen and oxygen atoms in total. The van der Waals surface area contributed by atoms with Crippen LogP contribution in [0.4, 0.5) is 0 Å². The van der Waals surface area contributed by atoms with Crippen LogP contribution in [-0.4, -0.2) is 55.4 Å². The molecule has 0 aromatic heterocycles. The van der Waals surface area contributed by atoms with E-state index in [1.807, 2.05) is 24.3 Å². The van der Waals surface area contributed by atoms with Gasteiger partial charge in [-0.15, -0.1) is 0 Å². The monoisotopic (exact) mass is 338 g/mol. The van der Waals surface area contributed by atoms with Crippen LogP contribution in [0.2, 0.25) is 0 Å². The number of nitrogens with zero attached hydrogens (tertiary/aromatic N) is 2. The summed E-state index contributed by atoms with van der Waals surface area (Å²) in [5.74, 6) is 0.226. The molecule has 20 heavy (non-hydrogen) atoms. The lowest BCUT2D eigenvalue weighted by Gasteiger charge is -2.36. The predicted octanol–water partition coefficient (Wildman–Crippen LogP) is 3.05. The average Bonchev–Trinajstić information content (AvgIpc) is 2.45. The minimum Gasteiger partial charge on any atom is -0.305 e. The molecule has 2 rings (SSSR count). The Morgan fingerprint density at radius 3 is 2.85 bits per heavy atom. The summed E-state index contributed by atoms with van der Waals surface area (Å²) in [7, 11) is 4.28. The van der Waals surface area contributed by atoms with Crippen molar-refractivity contribution in [2.45, 2.75) is 25.3 Å². The first-order valence-electron chi connectivity index (χ1n) is 7.24. The summed E-state index contributed by atoms with van der Waals surface area (Å²) < 4.78 is 0.898. The zero-order chi connectivity index (χ0) is 14.5. The van der Waals surface area contributed by atoms with Gasteiger partial charge in [0.05, 0.1) is 0 Å². The summed E-state index contributed by atoms with van der Waals surface area (Å²) in [5.41, 5.74) is 0.800. The van der Waals surface area contributed by atoms with Crippen LogP contribution in [0.25, 0.3) is 0 Å². The second kappa shape index (κ2) is 7.34. The number of benzene rings is 1. The summed E-state index contributed by atoms with van der Waals surface area (Å²) in [6, 6.07) is 8.30. The fourth-order valence-corrected chi connectivity index (χ4v) is 3.24. The summed E-state index contributed by atoms with van der Waals surface area (Å²) >= 11 is 3.45. The number of Topliss-reactive ketones (excluding diaryl/α,β-unsaturated/α-hetero) is 1. The van der Waals surface area contributed by atoms with E-state index in [0.717, 1.165) is 29.7 Å². The second-order valence-corrected chi connectivity index (χ2v) is 6.57. The van der Waals surface area contributed by atoms with Crippen LogP contribution in [0.3, 0.4) is 0 Å². The number of ketones is 1. The topological polar surface area (TPSA) is 23.6 Å². The van der Waals surface area contributed by atoms with Crippen LogP contribution in [0, 0.1) is 0 Å². The summed E-state index contributed by atoms with van der Waals surface area (Å²) in [4.78, 5) is 17.0. The molecule has 1 saturated heterocycles. The van der Waals surface area contributed by atoms with Crippen LogP contribution in [0.1, 0.15) is 29.6 Å². The van der Waals surface area contributed by atoms with E-state index < -0.39 is 0 Å². The van der Waals surface area contributed by atoms with Gasteiger partial charge >= 0.3 is 0 Å². The quantitative estimate of drug-likeness (QED) is 0.771. The molecule has 0 aliphatic carbocycles. The van der Waals surface area contributed by atoms with Crippen LogP contribution < -0.4 is 0 Å². The van der Waals surface area contributed by atoms with E-state index in [0.29, 0.717) is 12.5 Å². The standard InChI is InChI=1S/C16H23BrN2O/c1-18(2)13-6-5-10-19(12-13)11-9-16(20)14-7-3-4-8-15(14)17/h3-4,7-8,13H,5-6,9-12H2,1-2H3. The molecule has 0 saturated carbocycles. The first-order valence-corrected chi connectivity index (χ1v) is 8.03. The van der Waals surface area contributed by atoms with Crippen LogP contribution in [-0.2, 0) is 0 Å². The van der Waals surface area contributed by atoms with Gasteiger partial charge in [0, 0.05) is 35.6 Å². The van der Waals surface area contributed by atoms with Crippen molar-refractivity contribution in [2.24, 2.45) is 0 Å². The molecule has 0 N–H and O–H groups in total. The van der Waals surface area contributed by atoms with Crippen molar-refractivity contribution in [3.63, 3.8) is 0 Å². The lowest BCUT2D eigenvalue weighted by atomic mass is 10.0. The van der Waals surface area contributed by atoms with Crippen molar-refractivity contribution in [3.8, 4) is 0 Å². The number of carbonyl (C=O) groups excluding carboxylic acids is 1. The van der Waals surface area contributed by atoms with Crippen molar-refractivity contribution in [3.05, 3.63) is 34.3 Å². The average molecular weight is 339 g/mol. The number of rotatable bonds is 5. The highest BCUT2D eigenvalue weighted by atomic mass is 79.9. The zero-order valence-corrected chi connectivity index (χ0v) is 13.9. The highest BCUT2D eigenvalue weighted by molar-refractivity contribution is 9.10. The number of piperidine rings is 1. The molecule has 110 valence electrons. The maximum Gasteiger partial charge on any atom is 0.165 e. The van der Waals surface area contributed by atoms with Crippen molar-refractivity contribution < 1.29 is 4.79 Å². The Kier molecular flexibility index (Phi) is 5.75. The minimum atomic E-state index is 0.226. The lowest BCUT2D eigenvalue weighted by molar-refractivity contribution is 0.0927. The van der Waals surface area contributed by atoms with Gasteiger partial charge in [0.25, 0.3) is 0 Å². The Hall–Kier alpha value is -0.710. The molecule has 0 amide bonds. The Morgan fingerprint density at radius 1 is 1.40 bits per heavy atom. The van der Waals surface area contributed by atoms with Gasteiger partial charge in [0.2, 0.25) is 0 Å². The summed E-state index contributed by atoms with van der Waals surface area (Å²) in [6.07, 6.45) is 3.09. The van der Waals surface area contributed by atoms with Gasteiger partial charge in [0.1, 0.15) is 0 Å². The maximum absolute atomic E-state index is 12.3. The largest absolute Gasteiger partial charge is 0.305 e. The van der Waals surface area contributed by atoms with E-state index in [1.54, 1.807) is 0 Å². The van der Waals surface area contributed by atoms with Gasteiger partial charge in [-0.25, -0.2) is 0 Å². The predicted molar refractivity (Wildman–Crippen MR) is 86.2 cm³/mol. The molecule has 0 spiro atoms. The van der Waals surface area contributed by atoms with Crippen molar-refractivity contribution in [1.29, 1.82) is 0 Å². The summed E-state index contributed by atoms with van der Waals surface area (Å²) in [6.45, 7) is 3.06. The van der Waals surface area contributed by atoms with Crippen molar-refractivity contribution >= 4 is 21.7 Å². The Balaban J connectivity index is 1.86. The van der Waals surface area contributed by atoms with Gasteiger partial charge < -0.3 is 9.80 Å². The van der Waals surface area contributed by atoms with Crippen molar-refractivity contribution in [1.82, 2.24) is 9.80 Å². The molecular formula is C16H23BrN2O. The lowest BCUT2D eigenvalue weighted by Crippen LogP contribution is -2.45. The molecule has 4 heteroatoms. The molecule has 1 aromatic carbocycles. The second-order valence-electron chi connectivity index (χ2n) is 5.71. The molecule has 1 unspecified atom stereocenters. The van der Waals surface area contributed by atoms with E-state index >= 15 is 0 Å². The maximum atomic E-state index is 12.3. The Bertz CT molecular complexity index is 462. The molecular weight excluding hydrogens is 316 g/mol. The Morgan fingerprint density at radius 2 is 2.15 bits per heavy atom. The molecule has 0 bridgehead atoms. The molecule has 1 atom stereocenters. The first-order chi connectivity index (χ1) is 9.58. The molecule has 1 aromatic rings. The fourth-order valence-electron chi connectivity index (χ4n) is 2.74. The van der Waals surface area contributed by atoms with E-state index in [-0.39, 0.29) is 5.78 Å². The molecule has 1 fully saturated rings.